The molecule has 2 aromatic carbocycles. The van der Waals surface area contributed by atoms with Crippen molar-refractivity contribution >= 4 is 20.0 Å². The minimum Gasteiger partial charge on any atom is -0.435 e. The molecule has 0 bridgehead atoms. The van der Waals surface area contributed by atoms with E-state index in [-0.39, 0.29) is 22.1 Å². The van der Waals surface area contributed by atoms with Gasteiger partial charge in [0.2, 0.25) is 20.0 Å². The summed E-state index contributed by atoms with van der Waals surface area (Å²) in [4.78, 5) is -0.0620. The first-order valence-corrected chi connectivity index (χ1v) is 11.7. The van der Waals surface area contributed by atoms with Crippen LogP contribution in [0, 0.1) is 0 Å². The Morgan fingerprint density at radius 3 is 2.21 bits per heavy atom. The Bertz CT molecular complexity index is 1050. The monoisotopic (exact) mass is 446 g/mol. The van der Waals surface area contributed by atoms with Gasteiger partial charge in [-0.1, -0.05) is 12.1 Å². The molecule has 0 radical (unpaired) electrons. The van der Waals surface area contributed by atoms with Crippen LogP contribution in [0.1, 0.15) is 18.4 Å². The summed E-state index contributed by atoms with van der Waals surface area (Å²) in [5.74, 6) is -0.0758. The van der Waals surface area contributed by atoms with E-state index in [1.165, 1.54) is 46.8 Å². The van der Waals surface area contributed by atoms with Gasteiger partial charge in [0.15, 0.2) is 0 Å². The Morgan fingerprint density at radius 2 is 1.59 bits per heavy atom. The first kappa shape index (κ1) is 21.6. The van der Waals surface area contributed by atoms with Gasteiger partial charge in [-0.05, 0) is 54.8 Å². The lowest BCUT2D eigenvalue weighted by Gasteiger charge is -2.15. The summed E-state index contributed by atoms with van der Waals surface area (Å²) in [6.45, 7) is -2.20. The van der Waals surface area contributed by atoms with E-state index in [2.05, 4.69) is 9.46 Å². The smallest absolute Gasteiger partial charge is 0.387 e. The molecule has 0 saturated carbocycles. The largest absolute Gasteiger partial charge is 0.435 e. The van der Waals surface area contributed by atoms with E-state index in [4.69, 9.17) is 0 Å². The molecule has 0 amide bonds. The van der Waals surface area contributed by atoms with Crippen molar-refractivity contribution in [1.29, 1.82) is 0 Å². The van der Waals surface area contributed by atoms with Crippen LogP contribution in [0.3, 0.4) is 0 Å². The molecule has 11 heteroatoms. The average Bonchev–Trinajstić information content (AvgIpc) is 3.22. The maximum atomic E-state index is 12.5. The van der Waals surface area contributed by atoms with E-state index in [1.807, 2.05) is 0 Å². The van der Waals surface area contributed by atoms with E-state index in [0.717, 1.165) is 12.8 Å². The van der Waals surface area contributed by atoms with Crippen LogP contribution in [0.15, 0.2) is 58.3 Å². The number of rotatable bonds is 8. The summed E-state index contributed by atoms with van der Waals surface area (Å²) in [6, 6.07) is 10.7. The van der Waals surface area contributed by atoms with Gasteiger partial charge in [0, 0.05) is 19.6 Å². The number of nitrogens with one attached hydrogen (secondary N) is 1. The zero-order valence-corrected chi connectivity index (χ0v) is 16.9. The van der Waals surface area contributed by atoms with Gasteiger partial charge in [-0.25, -0.2) is 21.6 Å². The van der Waals surface area contributed by atoms with Crippen LogP contribution in [0.4, 0.5) is 8.78 Å². The van der Waals surface area contributed by atoms with Crippen molar-refractivity contribution in [3.63, 3.8) is 0 Å². The van der Waals surface area contributed by atoms with Crippen LogP contribution in [0.25, 0.3) is 0 Å². The van der Waals surface area contributed by atoms with Gasteiger partial charge in [-0.3, -0.25) is 0 Å². The lowest BCUT2D eigenvalue weighted by Crippen LogP contribution is -2.28. The first-order valence-electron chi connectivity index (χ1n) is 8.82. The number of ether oxygens (including phenoxy) is 1. The van der Waals surface area contributed by atoms with E-state index in [1.54, 1.807) is 6.07 Å². The number of alkyl halides is 2. The van der Waals surface area contributed by atoms with Crippen molar-refractivity contribution in [3.8, 4) is 5.75 Å². The lowest BCUT2D eigenvalue weighted by molar-refractivity contribution is -0.0498. The van der Waals surface area contributed by atoms with Crippen LogP contribution < -0.4 is 9.46 Å². The third-order valence-electron chi connectivity index (χ3n) is 4.43. The predicted octanol–water partition coefficient (Wildman–Crippen LogP) is 2.55. The summed E-state index contributed by atoms with van der Waals surface area (Å²) in [7, 11) is -7.55. The number of sulfonamides is 2. The Balaban J connectivity index is 1.70. The average molecular weight is 446 g/mol. The van der Waals surface area contributed by atoms with Crippen LogP contribution in [-0.2, 0) is 26.6 Å². The molecule has 0 unspecified atom stereocenters. The van der Waals surface area contributed by atoms with Gasteiger partial charge in [0.1, 0.15) is 5.75 Å². The van der Waals surface area contributed by atoms with Crippen LogP contribution in [-0.4, -0.2) is 40.8 Å². The molecule has 1 saturated heterocycles. The second kappa shape index (κ2) is 8.74. The number of hydrogen-bond donors (Lipinski definition) is 1. The summed E-state index contributed by atoms with van der Waals surface area (Å²) in [5.41, 5.74) is 0.431. The molecule has 0 aliphatic carbocycles. The molecule has 0 aromatic heterocycles. The Morgan fingerprint density at radius 1 is 0.966 bits per heavy atom. The molecule has 7 nitrogen and oxygen atoms in total. The van der Waals surface area contributed by atoms with Gasteiger partial charge in [0.05, 0.1) is 9.79 Å². The molecular weight excluding hydrogens is 426 g/mol. The van der Waals surface area contributed by atoms with Crippen LogP contribution in [0.5, 0.6) is 5.75 Å². The Hall–Kier alpha value is -2.08. The van der Waals surface area contributed by atoms with Gasteiger partial charge in [-0.15, -0.1) is 0 Å². The molecule has 2 aromatic rings. The van der Waals surface area contributed by atoms with E-state index >= 15 is 0 Å². The minimum atomic E-state index is -3.92. The summed E-state index contributed by atoms with van der Waals surface area (Å²) in [5, 5.41) is 0. The molecule has 1 heterocycles. The van der Waals surface area contributed by atoms with Crippen molar-refractivity contribution < 1.29 is 30.4 Å². The molecule has 1 aliphatic heterocycles. The molecule has 0 atom stereocenters. The number of hydrogen-bond acceptors (Lipinski definition) is 5. The minimum absolute atomic E-state index is 0.0372. The fourth-order valence-electron chi connectivity index (χ4n) is 2.96. The second-order valence-electron chi connectivity index (χ2n) is 6.43. The highest BCUT2D eigenvalue weighted by Gasteiger charge is 2.27. The lowest BCUT2D eigenvalue weighted by atomic mass is 10.2. The third-order valence-corrected chi connectivity index (χ3v) is 7.76. The highest BCUT2D eigenvalue weighted by molar-refractivity contribution is 7.89. The molecule has 0 spiro atoms. The van der Waals surface area contributed by atoms with Gasteiger partial charge >= 0.3 is 6.61 Å². The van der Waals surface area contributed by atoms with Crippen molar-refractivity contribution in [2.45, 2.75) is 35.8 Å². The van der Waals surface area contributed by atoms with Gasteiger partial charge < -0.3 is 4.74 Å². The highest BCUT2D eigenvalue weighted by atomic mass is 32.2. The van der Waals surface area contributed by atoms with Gasteiger partial charge in [-0.2, -0.15) is 13.1 Å². The Kier molecular flexibility index (Phi) is 6.52. The van der Waals surface area contributed by atoms with E-state index < -0.39 is 26.7 Å². The topological polar surface area (TPSA) is 92.8 Å². The van der Waals surface area contributed by atoms with Crippen LogP contribution >= 0.6 is 0 Å². The van der Waals surface area contributed by atoms with Crippen molar-refractivity contribution in [3.05, 3.63) is 54.1 Å². The van der Waals surface area contributed by atoms with Gasteiger partial charge in [0.25, 0.3) is 0 Å². The normalized spacial score (nSPS) is 15.7. The number of nitrogens with zero attached hydrogens (tertiary/aromatic N) is 1. The van der Waals surface area contributed by atoms with Crippen molar-refractivity contribution in [2.24, 2.45) is 0 Å². The SMILES string of the molecule is O=S(=O)(NCc1cccc(OC(F)F)c1)c1ccc(S(=O)(=O)N2CCCC2)cc1. The quantitative estimate of drug-likeness (QED) is 0.673. The molecule has 29 heavy (non-hydrogen) atoms. The van der Waals surface area contributed by atoms with Crippen LogP contribution in [0.2, 0.25) is 0 Å². The summed E-state index contributed by atoms with van der Waals surface area (Å²) < 4.78 is 82.5. The summed E-state index contributed by atoms with van der Waals surface area (Å²) >= 11 is 0. The number of benzene rings is 2. The molecule has 1 N–H and O–H groups in total. The van der Waals surface area contributed by atoms with E-state index in [0.29, 0.717) is 18.7 Å². The maximum absolute atomic E-state index is 12.5. The molecule has 3 rings (SSSR count). The molecule has 1 aliphatic rings. The van der Waals surface area contributed by atoms with Crippen molar-refractivity contribution in [2.75, 3.05) is 13.1 Å². The van der Waals surface area contributed by atoms with E-state index in [9.17, 15) is 25.6 Å². The maximum Gasteiger partial charge on any atom is 0.387 e. The molecule has 158 valence electrons. The van der Waals surface area contributed by atoms with Crippen molar-refractivity contribution in [1.82, 2.24) is 9.03 Å². The zero-order valence-electron chi connectivity index (χ0n) is 15.3. The number of halogens is 2. The second-order valence-corrected chi connectivity index (χ2v) is 10.1. The fourth-order valence-corrected chi connectivity index (χ4v) is 5.50. The standard InChI is InChI=1S/C18H20F2N2O5S2/c19-18(20)27-15-5-3-4-14(12-15)13-21-28(23,24)16-6-8-17(9-7-16)29(25,26)22-10-1-2-11-22/h3-9,12,18,21H,1-2,10-11,13H2. The Labute approximate surface area is 168 Å². The first-order chi connectivity index (χ1) is 13.7. The molecule has 1 fully saturated rings. The zero-order chi connectivity index (χ0) is 21.1. The molecular formula is C18H20F2N2O5S2. The summed E-state index contributed by atoms with van der Waals surface area (Å²) in [6.07, 6.45) is 1.61. The predicted molar refractivity (Wildman–Crippen MR) is 102 cm³/mol. The third kappa shape index (κ3) is 5.30. The fraction of sp³-hybridized carbons (Fsp3) is 0.333. The highest BCUT2D eigenvalue weighted by Crippen LogP contribution is 2.22.